The Bertz CT molecular complexity index is 1270. The normalized spacial score (nSPS) is 20.7. The van der Waals surface area contributed by atoms with Crippen LogP contribution < -0.4 is 21.3 Å². The first-order valence-electron chi connectivity index (χ1n) is 11.3. The van der Waals surface area contributed by atoms with E-state index in [-0.39, 0.29) is 34.1 Å². The molecule has 4 N–H and O–H groups in total. The summed E-state index contributed by atoms with van der Waals surface area (Å²) in [6.07, 6.45) is 2.10. The van der Waals surface area contributed by atoms with E-state index in [4.69, 9.17) is 5.73 Å². The second kappa shape index (κ2) is 8.74. The van der Waals surface area contributed by atoms with E-state index in [1.54, 1.807) is 6.92 Å². The van der Waals surface area contributed by atoms with Gasteiger partial charge in [0.1, 0.15) is 27.2 Å². The molecule has 1 amide bonds. The summed E-state index contributed by atoms with van der Waals surface area (Å²) < 4.78 is 43.8. The first kappa shape index (κ1) is 22.9. The van der Waals surface area contributed by atoms with Crippen molar-refractivity contribution in [3.05, 3.63) is 51.8 Å². The van der Waals surface area contributed by atoms with Gasteiger partial charge >= 0.3 is 0 Å². The lowest BCUT2D eigenvalue weighted by Gasteiger charge is -2.35. The van der Waals surface area contributed by atoms with Crippen molar-refractivity contribution in [3.8, 4) is 0 Å². The van der Waals surface area contributed by atoms with Crippen LogP contribution in [-0.2, 0) is 0 Å². The van der Waals surface area contributed by atoms with Crippen molar-refractivity contribution >= 4 is 38.8 Å². The van der Waals surface area contributed by atoms with Gasteiger partial charge in [-0.15, -0.1) is 11.3 Å². The number of nitrogen functional groups attached to an aromatic ring is 1. The standard InChI is InChI=1S/C24H26F3N5OS/c1-11(8-29-23(33)22-21(28)16-6-17(25)12(2)30-24(16)34-22)15-5-19(27)20(7-18(15)26)32-9-13-3-4-14(10-32)31-13/h5-7,11,13-14,31H,3-4,8-10,28H2,1-2H3,(H,29,33)/t11-,13-,14+/m1/s1. The quantitative estimate of drug-likeness (QED) is 0.503. The van der Waals surface area contributed by atoms with Gasteiger partial charge in [0.2, 0.25) is 0 Å². The summed E-state index contributed by atoms with van der Waals surface area (Å²) in [5.41, 5.74) is 6.92. The lowest BCUT2D eigenvalue weighted by molar-refractivity contribution is 0.0956. The van der Waals surface area contributed by atoms with Crippen LogP contribution in [0.3, 0.4) is 0 Å². The number of aryl methyl sites for hydroxylation is 1. The van der Waals surface area contributed by atoms with Crippen LogP contribution in [0.15, 0.2) is 18.2 Å². The first-order chi connectivity index (χ1) is 16.2. The number of carbonyl (C=O) groups excluding carboxylic acids is 1. The number of fused-ring (bicyclic) bond motifs is 3. The number of rotatable bonds is 5. The highest BCUT2D eigenvalue weighted by Crippen LogP contribution is 2.34. The summed E-state index contributed by atoms with van der Waals surface area (Å²) >= 11 is 1.07. The summed E-state index contributed by atoms with van der Waals surface area (Å²) in [7, 11) is 0. The van der Waals surface area contributed by atoms with Gasteiger partial charge < -0.3 is 21.3 Å². The maximum atomic E-state index is 15.0. The monoisotopic (exact) mass is 489 g/mol. The van der Waals surface area contributed by atoms with E-state index in [0.717, 1.165) is 24.2 Å². The minimum Gasteiger partial charge on any atom is -0.397 e. The Kier molecular flexibility index (Phi) is 5.89. The Balaban J connectivity index is 1.29. The number of pyridine rings is 1. The zero-order valence-electron chi connectivity index (χ0n) is 18.9. The average Bonchev–Trinajstić information content (AvgIpc) is 3.31. The zero-order chi connectivity index (χ0) is 24.1. The van der Waals surface area contributed by atoms with Crippen molar-refractivity contribution in [1.29, 1.82) is 0 Å². The molecule has 1 aromatic carbocycles. The van der Waals surface area contributed by atoms with Crippen molar-refractivity contribution in [2.75, 3.05) is 30.3 Å². The van der Waals surface area contributed by atoms with Crippen LogP contribution in [0.5, 0.6) is 0 Å². The average molecular weight is 490 g/mol. The van der Waals surface area contributed by atoms with E-state index < -0.39 is 29.3 Å². The van der Waals surface area contributed by atoms with Gasteiger partial charge in [0.15, 0.2) is 0 Å². The summed E-state index contributed by atoms with van der Waals surface area (Å²) in [5.74, 6) is -2.39. The van der Waals surface area contributed by atoms with Crippen LogP contribution in [0.1, 0.15) is 46.6 Å². The molecule has 2 fully saturated rings. The summed E-state index contributed by atoms with van der Waals surface area (Å²) in [6, 6.07) is 4.39. The molecule has 0 unspecified atom stereocenters. The van der Waals surface area contributed by atoms with Gasteiger partial charge in [0, 0.05) is 49.1 Å². The van der Waals surface area contributed by atoms with Crippen molar-refractivity contribution in [2.24, 2.45) is 0 Å². The number of aromatic nitrogens is 1. The van der Waals surface area contributed by atoms with Crippen LogP contribution in [0, 0.1) is 24.4 Å². The molecule has 4 heterocycles. The number of anilines is 2. The van der Waals surface area contributed by atoms with E-state index in [1.165, 1.54) is 25.1 Å². The van der Waals surface area contributed by atoms with Crippen LogP contribution >= 0.6 is 11.3 Å². The molecule has 0 radical (unpaired) electrons. The first-order valence-corrected chi connectivity index (χ1v) is 12.2. The molecule has 6 nitrogen and oxygen atoms in total. The molecule has 2 aliphatic heterocycles. The van der Waals surface area contributed by atoms with Crippen molar-refractivity contribution in [1.82, 2.24) is 15.6 Å². The number of halogens is 3. The lowest BCUT2D eigenvalue weighted by atomic mass is 9.99. The third-order valence-corrected chi connectivity index (χ3v) is 7.89. The van der Waals surface area contributed by atoms with Crippen molar-refractivity contribution in [3.63, 3.8) is 0 Å². The van der Waals surface area contributed by atoms with Gasteiger partial charge in [-0.25, -0.2) is 18.2 Å². The van der Waals surface area contributed by atoms with Gasteiger partial charge in [-0.05, 0) is 37.5 Å². The molecule has 180 valence electrons. The molecule has 3 aromatic rings. The molecule has 5 rings (SSSR count). The van der Waals surface area contributed by atoms with E-state index in [1.807, 2.05) is 4.90 Å². The second-order valence-corrected chi connectivity index (χ2v) is 10.2. The number of piperazine rings is 1. The van der Waals surface area contributed by atoms with Gasteiger partial charge in [0.25, 0.3) is 5.91 Å². The summed E-state index contributed by atoms with van der Waals surface area (Å²) in [5, 5.41) is 6.60. The minimum absolute atomic E-state index is 0.0842. The number of nitrogens with zero attached hydrogens (tertiary/aromatic N) is 2. The van der Waals surface area contributed by atoms with E-state index in [9.17, 15) is 18.0 Å². The maximum Gasteiger partial charge on any atom is 0.263 e. The number of thiophene rings is 1. The third kappa shape index (κ3) is 4.09. The Morgan fingerprint density at radius 2 is 1.91 bits per heavy atom. The molecule has 2 bridgehead atoms. The molecule has 0 saturated carbocycles. The van der Waals surface area contributed by atoms with E-state index in [2.05, 4.69) is 15.6 Å². The Morgan fingerprint density at radius 1 is 1.21 bits per heavy atom. The molecule has 0 aliphatic carbocycles. The number of nitrogens with one attached hydrogen (secondary N) is 2. The number of hydrogen-bond acceptors (Lipinski definition) is 6. The summed E-state index contributed by atoms with van der Waals surface area (Å²) in [6.45, 7) is 4.66. The Hall–Kier alpha value is -2.85. The lowest BCUT2D eigenvalue weighted by Crippen LogP contribution is -2.51. The highest BCUT2D eigenvalue weighted by Gasteiger charge is 2.33. The molecule has 2 aromatic heterocycles. The number of benzene rings is 1. The Morgan fingerprint density at radius 3 is 2.62 bits per heavy atom. The molecular weight excluding hydrogens is 463 g/mol. The van der Waals surface area contributed by atoms with Crippen LogP contribution in [-0.4, -0.2) is 42.6 Å². The van der Waals surface area contributed by atoms with Gasteiger partial charge in [0.05, 0.1) is 17.1 Å². The van der Waals surface area contributed by atoms with Crippen LogP contribution in [0.4, 0.5) is 24.5 Å². The smallest absolute Gasteiger partial charge is 0.263 e. The number of hydrogen-bond donors (Lipinski definition) is 3. The molecular formula is C24H26F3N5OS. The predicted molar refractivity (Wildman–Crippen MR) is 128 cm³/mol. The molecule has 2 aliphatic rings. The highest BCUT2D eigenvalue weighted by molar-refractivity contribution is 7.21. The SMILES string of the molecule is Cc1nc2sc(C(=O)NC[C@@H](C)c3cc(F)c(N4C[C@H]5CC[C@@H](C4)N5)cc3F)c(N)c2cc1F. The number of carbonyl (C=O) groups is 1. The fraction of sp³-hybridized carbons (Fsp3) is 0.417. The summed E-state index contributed by atoms with van der Waals surface area (Å²) in [4.78, 5) is 19.5. The maximum absolute atomic E-state index is 15.0. The molecule has 10 heteroatoms. The molecule has 3 atom stereocenters. The predicted octanol–water partition coefficient (Wildman–Crippen LogP) is 4.08. The topological polar surface area (TPSA) is 83.3 Å². The van der Waals surface area contributed by atoms with Gasteiger partial charge in [-0.1, -0.05) is 6.92 Å². The van der Waals surface area contributed by atoms with Gasteiger partial charge in [-0.2, -0.15) is 0 Å². The van der Waals surface area contributed by atoms with E-state index >= 15 is 0 Å². The fourth-order valence-electron chi connectivity index (χ4n) is 4.87. The number of nitrogens with two attached hydrogens (primary N) is 1. The Labute approximate surface area is 199 Å². The zero-order valence-corrected chi connectivity index (χ0v) is 19.7. The van der Waals surface area contributed by atoms with Crippen LogP contribution in [0.2, 0.25) is 0 Å². The third-order valence-electron chi connectivity index (χ3n) is 6.78. The van der Waals surface area contributed by atoms with Crippen molar-refractivity contribution in [2.45, 2.75) is 44.7 Å². The molecule has 34 heavy (non-hydrogen) atoms. The van der Waals surface area contributed by atoms with E-state index in [0.29, 0.717) is 35.4 Å². The molecule has 0 spiro atoms. The fourth-order valence-corrected chi connectivity index (χ4v) is 5.91. The second-order valence-electron chi connectivity index (χ2n) is 9.23. The van der Waals surface area contributed by atoms with Crippen molar-refractivity contribution < 1.29 is 18.0 Å². The minimum atomic E-state index is -0.499. The number of amides is 1. The van der Waals surface area contributed by atoms with Gasteiger partial charge in [-0.3, -0.25) is 4.79 Å². The molecule has 2 saturated heterocycles. The highest BCUT2D eigenvalue weighted by atomic mass is 32.1. The largest absolute Gasteiger partial charge is 0.397 e. The van der Waals surface area contributed by atoms with Crippen LogP contribution in [0.25, 0.3) is 10.2 Å².